The molecule has 6 nitrogen and oxygen atoms in total. The first-order valence-corrected chi connectivity index (χ1v) is 6.20. The summed E-state index contributed by atoms with van der Waals surface area (Å²) in [4.78, 5) is 26.1. The van der Waals surface area contributed by atoms with E-state index in [-0.39, 0.29) is 23.8 Å². The second-order valence-electron chi connectivity index (χ2n) is 4.69. The summed E-state index contributed by atoms with van der Waals surface area (Å²) in [6.07, 6.45) is 1.31. The van der Waals surface area contributed by atoms with Crippen molar-refractivity contribution in [3.8, 4) is 6.01 Å². The van der Waals surface area contributed by atoms with Crippen LogP contribution in [0.4, 0.5) is 0 Å². The molecule has 0 atom stereocenters. The lowest BCUT2D eigenvalue weighted by atomic mass is 10.3. The van der Waals surface area contributed by atoms with Crippen LogP contribution >= 0.6 is 0 Å². The predicted octanol–water partition coefficient (Wildman–Crippen LogP) is 1.42. The zero-order valence-electron chi connectivity index (χ0n) is 11.5. The summed E-state index contributed by atoms with van der Waals surface area (Å²) < 4.78 is 6.61. The van der Waals surface area contributed by atoms with Gasteiger partial charge in [-0.15, -0.1) is 0 Å². The first-order valence-electron chi connectivity index (χ1n) is 6.20. The van der Waals surface area contributed by atoms with Crippen LogP contribution in [-0.2, 0) is 0 Å². The molecule has 102 valence electrons. The number of rotatable bonds is 4. The Hall–Kier alpha value is -2.11. The molecule has 0 unspecified atom stereocenters. The maximum absolute atomic E-state index is 12.3. The van der Waals surface area contributed by atoms with Crippen LogP contribution in [0.15, 0.2) is 23.1 Å². The number of ether oxygens (including phenoxy) is 1. The van der Waals surface area contributed by atoms with Crippen LogP contribution in [-0.4, -0.2) is 26.9 Å². The van der Waals surface area contributed by atoms with E-state index in [1.54, 1.807) is 18.3 Å². The van der Waals surface area contributed by atoms with Gasteiger partial charge < -0.3 is 9.57 Å². The van der Waals surface area contributed by atoms with Crippen LogP contribution in [0.25, 0.3) is 11.0 Å². The normalized spacial score (nSPS) is 11.3. The van der Waals surface area contributed by atoms with E-state index in [0.29, 0.717) is 11.0 Å². The molecule has 2 aromatic heterocycles. The van der Waals surface area contributed by atoms with Crippen LogP contribution in [0.3, 0.4) is 0 Å². The van der Waals surface area contributed by atoms with E-state index < -0.39 is 0 Å². The van der Waals surface area contributed by atoms with Crippen molar-refractivity contribution < 1.29 is 9.57 Å². The lowest BCUT2D eigenvalue weighted by molar-refractivity contribution is 0.0255. The lowest BCUT2D eigenvalue weighted by Gasteiger charge is -2.17. The van der Waals surface area contributed by atoms with Crippen molar-refractivity contribution >= 4 is 11.0 Å². The van der Waals surface area contributed by atoms with E-state index in [1.807, 2.05) is 27.7 Å². The van der Waals surface area contributed by atoms with Gasteiger partial charge in [0.15, 0.2) is 5.65 Å². The fourth-order valence-corrected chi connectivity index (χ4v) is 1.57. The van der Waals surface area contributed by atoms with Gasteiger partial charge in [0.25, 0.3) is 5.56 Å². The van der Waals surface area contributed by atoms with Gasteiger partial charge in [-0.2, -0.15) is 4.98 Å². The summed E-state index contributed by atoms with van der Waals surface area (Å²) in [5.41, 5.74) is 0.0363. The van der Waals surface area contributed by atoms with E-state index in [0.717, 1.165) is 4.73 Å². The zero-order valence-corrected chi connectivity index (χ0v) is 11.5. The molecule has 0 fully saturated rings. The molecule has 0 bridgehead atoms. The highest BCUT2D eigenvalue weighted by Gasteiger charge is 2.16. The Morgan fingerprint density at radius 2 is 1.95 bits per heavy atom. The molecular formula is C13H17N3O3. The maximum Gasteiger partial charge on any atom is 0.336 e. The fourth-order valence-electron chi connectivity index (χ4n) is 1.57. The van der Waals surface area contributed by atoms with Crippen LogP contribution in [0.2, 0.25) is 0 Å². The van der Waals surface area contributed by atoms with E-state index in [1.165, 1.54) is 0 Å². The molecule has 0 saturated carbocycles. The largest absolute Gasteiger partial charge is 0.460 e. The molecule has 0 aromatic carbocycles. The molecule has 2 aromatic rings. The summed E-state index contributed by atoms with van der Waals surface area (Å²) in [5, 5.41) is 0.402. The molecule has 0 aliphatic carbocycles. The van der Waals surface area contributed by atoms with Crippen molar-refractivity contribution in [2.45, 2.75) is 39.9 Å². The highest BCUT2D eigenvalue weighted by Crippen LogP contribution is 2.11. The third-order valence-corrected chi connectivity index (χ3v) is 2.23. The number of fused-ring (bicyclic) bond motifs is 1. The molecule has 0 aliphatic rings. The van der Waals surface area contributed by atoms with Gasteiger partial charge in [-0.3, -0.25) is 4.79 Å². The van der Waals surface area contributed by atoms with Gasteiger partial charge in [0.2, 0.25) is 0 Å². The number of hydrogen-bond donors (Lipinski definition) is 0. The minimum Gasteiger partial charge on any atom is -0.460 e. The number of aromatic nitrogens is 3. The molecule has 0 spiro atoms. The Bertz CT molecular complexity index is 635. The van der Waals surface area contributed by atoms with Crippen LogP contribution in [0.1, 0.15) is 27.7 Å². The molecule has 19 heavy (non-hydrogen) atoms. The average Bonchev–Trinajstić information content (AvgIpc) is 2.33. The highest BCUT2D eigenvalue weighted by atomic mass is 16.7. The lowest BCUT2D eigenvalue weighted by Crippen LogP contribution is -2.33. The predicted molar refractivity (Wildman–Crippen MR) is 71.3 cm³/mol. The van der Waals surface area contributed by atoms with Gasteiger partial charge in [0.1, 0.15) is 6.10 Å². The van der Waals surface area contributed by atoms with Gasteiger partial charge in [0, 0.05) is 6.20 Å². The SMILES string of the molecule is CC(C)Oc1nc2ncccc2c(=O)n1OC(C)C. The summed E-state index contributed by atoms with van der Waals surface area (Å²) in [5.74, 6) is 0. The van der Waals surface area contributed by atoms with E-state index >= 15 is 0 Å². The Labute approximate surface area is 111 Å². The molecule has 6 heteroatoms. The molecule has 0 N–H and O–H groups in total. The quantitative estimate of drug-likeness (QED) is 0.834. The second kappa shape index (κ2) is 5.26. The Kier molecular flexibility index (Phi) is 3.69. The third-order valence-electron chi connectivity index (χ3n) is 2.23. The summed E-state index contributed by atoms with van der Waals surface area (Å²) >= 11 is 0. The number of pyridine rings is 1. The molecule has 2 heterocycles. The van der Waals surface area contributed by atoms with E-state index in [2.05, 4.69) is 9.97 Å². The van der Waals surface area contributed by atoms with Crippen molar-refractivity contribution in [2.75, 3.05) is 0 Å². The highest BCUT2D eigenvalue weighted by molar-refractivity contribution is 5.73. The maximum atomic E-state index is 12.3. The fraction of sp³-hybridized carbons (Fsp3) is 0.462. The molecule has 2 rings (SSSR count). The van der Waals surface area contributed by atoms with Gasteiger partial charge in [-0.1, -0.05) is 4.73 Å². The Balaban J connectivity index is 2.65. The summed E-state index contributed by atoms with van der Waals surface area (Å²) in [6.45, 7) is 7.38. The third kappa shape index (κ3) is 2.83. The smallest absolute Gasteiger partial charge is 0.336 e. The molecule has 0 amide bonds. The molecule has 0 aliphatic heterocycles. The van der Waals surface area contributed by atoms with E-state index in [9.17, 15) is 4.79 Å². The van der Waals surface area contributed by atoms with Gasteiger partial charge in [-0.05, 0) is 39.8 Å². The zero-order chi connectivity index (χ0) is 14.0. The van der Waals surface area contributed by atoms with Crippen LogP contribution in [0, 0.1) is 0 Å². The topological polar surface area (TPSA) is 66.2 Å². The minimum atomic E-state index is -0.317. The van der Waals surface area contributed by atoms with Crippen LogP contribution < -0.4 is 15.1 Å². The van der Waals surface area contributed by atoms with Crippen molar-refractivity contribution in [3.05, 3.63) is 28.7 Å². The standard InChI is InChI=1S/C13H17N3O3/c1-8(2)18-13-15-11-10(6-5-7-14-11)12(17)16(13)19-9(3)4/h5-9H,1-4H3. The second-order valence-corrected chi connectivity index (χ2v) is 4.69. The van der Waals surface area contributed by atoms with Crippen molar-refractivity contribution in [3.63, 3.8) is 0 Å². The van der Waals surface area contributed by atoms with Crippen molar-refractivity contribution in [2.24, 2.45) is 0 Å². The molecule has 0 radical (unpaired) electrons. The Morgan fingerprint density at radius 1 is 1.21 bits per heavy atom. The van der Waals surface area contributed by atoms with Crippen molar-refractivity contribution in [1.82, 2.24) is 14.7 Å². The monoisotopic (exact) mass is 263 g/mol. The van der Waals surface area contributed by atoms with E-state index in [4.69, 9.17) is 9.57 Å². The molecule has 0 saturated heterocycles. The van der Waals surface area contributed by atoms with Gasteiger partial charge in [-0.25, -0.2) is 4.98 Å². The van der Waals surface area contributed by atoms with Gasteiger partial charge >= 0.3 is 6.01 Å². The Morgan fingerprint density at radius 3 is 2.58 bits per heavy atom. The van der Waals surface area contributed by atoms with Crippen LogP contribution in [0.5, 0.6) is 6.01 Å². The first kappa shape index (κ1) is 13.3. The summed E-state index contributed by atoms with van der Waals surface area (Å²) in [7, 11) is 0. The first-order chi connectivity index (χ1) is 8.99. The summed E-state index contributed by atoms with van der Waals surface area (Å²) in [6, 6.07) is 3.48. The van der Waals surface area contributed by atoms with Gasteiger partial charge in [0.05, 0.1) is 11.5 Å². The average molecular weight is 263 g/mol. The number of nitrogens with zero attached hydrogens (tertiary/aromatic N) is 3. The van der Waals surface area contributed by atoms with Crippen molar-refractivity contribution in [1.29, 1.82) is 0 Å². The number of hydrogen-bond acceptors (Lipinski definition) is 5. The minimum absolute atomic E-state index is 0.116. The molecular weight excluding hydrogens is 246 g/mol.